The second-order valence-corrected chi connectivity index (χ2v) is 4.24. The molecule has 0 bridgehead atoms. The smallest absolute Gasteiger partial charge is 0.196 e. The zero-order valence-corrected chi connectivity index (χ0v) is 10.5. The minimum atomic E-state index is -0.154. The van der Waals surface area contributed by atoms with Gasteiger partial charge in [0.1, 0.15) is 5.52 Å². The van der Waals surface area contributed by atoms with Crippen molar-refractivity contribution in [3.05, 3.63) is 42.2 Å². The number of oxazole rings is 1. The molecule has 94 valence electrons. The summed E-state index contributed by atoms with van der Waals surface area (Å²) in [5.74, 6) is 0.684. The monoisotopic (exact) mass is 253 g/mol. The summed E-state index contributed by atoms with van der Waals surface area (Å²) >= 11 is 0. The first-order valence-electron chi connectivity index (χ1n) is 5.85. The predicted octanol–water partition coefficient (Wildman–Crippen LogP) is 2.80. The van der Waals surface area contributed by atoms with Crippen molar-refractivity contribution < 1.29 is 9.21 Å². The molecule has 0 saturated heterocycles. The van der Waals surface area contributed by atoms with Gasteiger partial charge in [0.15, 0.2) is 23.1 Å². The van der Waals surface area contributed by atoms with E-state index in [2.05, 4.69) is 15.0 Å². The van der Waals surface area contributed by atoms with Crippen molar-refractivity contribution in [3.8, 4) is 11.3 Å². The molecule has 0 aliphatic heterocycles. The summed E-state index contributed by atoms with van der Waals surface area (Å²) in [5, 5.41) is 0. The van der Waals surface area contributed by atoms with Crippen LogP contribution in [0.1, 0.15) is 23.4 Å². The van der Waals surface area contributed by atoms with Crippen LogP contribution in [-0.4, -0.2) is 20.7 Å². The number of benzene rings is 1. The summed E-state index contributed by atoms with van der Waals surface area (Å²) in [6.07, 6.45) is 1.58. The van der Waals surface area contributed by atoms with Crippen molar-refractivity contribution in [1.29, 1.82) is 0 Å². The Balaban J connectivity index is 2.12. The third-order valence-corrected chi connectivity index (χ3v) is 2.76. The van der Waals surface area contributed by atoms with E-state index in [1.165, 1.54) is 6.92 Å². The van der Waals surface area contributed by atoms with E-state index in [9.17, 15) is 4.79 Å². The summed E-state index contributed by atoms with van der Waals surface area (Å²) in [7, 11) is 0. The first kappa shape index (κ1) is 11.5. The van der Waals surface area contributed by atoms with Gasteiger partial charge in [0.05, 0.1) is 5.69 Å². The number of carbonyl (C=O) groups excluding carboxylic acids is 1. The quantitative estimate of drug-likeness (QED) is 0.657. The molecule has 0 unspecified atom stereocenters. The number of Topliss-reactive ketones (excluding diaryl/α,β-unsaturated/α-hetero) is 1. The minimum Gasteiger partial charge on any atom is -0.441 e. The molecule has 5 heteroatoms. The van der Waals surface area contributed by atoms with Gasteiger partial charge in [-0.05, 0) is 18.2 Å². The number of hydrogen-bond donors (Lipinski definition) is 0. The van der Waals surface area contributed by atoms with E-state index < -0.39 is 0 Å². The minimum absolute atomic E-state index is 0.154. The van der Waals surface area contributed by atoms with Crippen molar-refractivity contribution in [1.82, 2.24) is 15.0 Å². The maximum absolute atomic E-state index is 11.3. The number of fused-ring (bicyclic) bond motifs is 1. The SMILES string of the molecule is CC(=O)c1nccc(-c2ccc3nc(C)oc3c2)n1. The number of carbonyl (C=O) groups is 1. The maximum Gasteiger partial charge on any atom is 0.196 e. The van der Waals surface area contributed by atoms with E-state index in [4.69, 9.17) is 4.42 Å². The van der Waals surface area contributed by atoms with Gasteiger partial charge >= 0.3 is 0 Å². The lowest BCUT2D eigenvalue weighted by atomic mass is 10.1. The van der Waals surface area contributed by atoms with Crippen LogP contribution in [0.3, 0.4) is 0 Å². The highest BCUT2D eigenvalue weighted by molar-refractivity contribution is 5.90. The molecule has 0 radical (unpaired) electrons. The fraction of sp³-hybridized carbons (Fsp3) is 0.143. The highest BCUT2D eigenvalue weighted by Gasteiger charge is 2.08. The third-order valence-electron chi connectivity index (χ3n) is 2.76. The van der Waals surface area contributed by atoms with Crippen LogP contribution in [0.4, 0.5) is 0 Å². The van der Waals surface area contributed by atoms with Gasteiger partial charge in [0, 0.05) is 25.6 Å². The third kappa shape index (κ3) is 2.10. The van der Waals surface area contributed by atoms with Gasteiger partial charge in [-0.1, -0.05) is 6.07 Å². The van der Waals surface area contributed by atoms with Gasteiger partial charge in [0.2, 0.25) is 0 Å². The molecule has 0 saturated carbocycles. The van der Waals surface area contributed by atoms with Gasteiger partial charge < -0.3 is 4.42 Å². The van der Waals surface area contributed by atoms with Crippen LogP contribution in [0, 0.1) is 6.92 Å². The Kier molecular flexibility index (Phi) is 2.59. The Morgan fingerprint density at radius 1 is 1.21 bits per heavy atom. The topological polar surface area (TPSA) is 68.9 Å². The Hall–Kier alpha value is -2.56. The molecular formula is C14H11N3O2. The number of ketones is 1. The van der Waals surface area contributed by atoms with Crippen molar-refractivity contribution in [2.45, 2.75) is 13.8 Å². The van der Waals surface area contributed by atoms with Crippen molar-refractivity contribution in [2.75, 3.05) is 0 Å². The Labute approximate surface area is 109 Å². The van der Waals surface area contributed by atoms with E-state index >= 15 is 0 Å². The predicted molar refractivity (Wildman–Crippen MR) is 69.8 cm³/mol. The number of rotatable bonds is 2. The lowest BCUT2D eigenvalue weighted by Gasteiger charge is -2.01. The van der Waals surface area contributed by atoms with Gasteiger partial charge in [0.25, 0.3) is 0 Å². The second kappa shape index (κ2) is 4.28. The molecule has 0 aliphatic rings. The average Bonchev–Trinajstić information content (AvgIpc) is 2.77. The highest BCUT2D eigenvalue weighted by atomic mass is 16.3. The zero-order valence-electron chi connectivity index (χ0n) is 10.5. The van der Waals surface area contributed by atoms with E-state index in [0.717, 1.165) is 11.1 Å². The summed E-state index contributed by atoms with van der Waals surface area (Å²) in [4.78, 5) is 23.7. The van der Waals surface area contributed by atoms with Crippen LogP contribution in [-0.2, 0) is 0 Å². The lowest BCUT2D eigenvalue weighted by Crippen LogP contribution is -2.01. The molecule has 0 aliphatic carbocycles. The molecule has 0 fully saturated rings. The number of aromatic nitrogens is 3. The average molecular weight is 253 g/mol. The molecule has 0 atom stereocenters. The van der Waals surface area contributed by atoms with E-state index in [1.54, 1.807) is 19.2 Å². The van der Waals surface area contributed by atoms with Crippen LogP contribution >= 0.6 is 0 Å². The first-order chi connectivity index (χ1) is 9.13. The molecule has 2 heterocycles. The van der Waals surface area contributed by atoms with E-state index in [1.807, 2.05) is 18.2 Å². The van der Waals surface area contributed by atoms with Gasteiger partial charge in [-0.3, -0.25) is 4.79 Å². The molecule has 0 amide bonds. The molecule has 1 aromatic carbocycles. The van der Waals surface area contributed by atoms with Crippen LogP contribution in [0.25, 0.3) is 22.4 Å². The number of hydrogen-bond acceptors (Lipinski definition) is 5. The Bertz CT molecular complexity index is 777. The largest absolute Gasteiger partial charge is 0.441 e. The van der Waals surface area contributed by atoms with Crippen molar-refractivity contribution in [3.63, 3.8) is 0 Å². The van der Waals surface area contributed by atoms with Gasteiger partial charge in [-0.15, -0.1) is 0 Å². The molecule has 5 nitrogen and oxygen atoms in total. The molecule has 3 aromatic rings. The lowest BCUT2D eigenvalue weighted by molar-refractivity contribution is 0.100. The Morgan fingerprint density at radius 2 is 2.05 bits per heavy atom. The molecule has 0 spiro atoms. The van der Waals surface area contributed by atoms with Crippen LogP contribution in [0.5, 0.6) is 0 Å². The fourth-order valence-corrected chi connectivity index (χ4v) is 1.89. The van der Waals surface area contributed by atoms with Crippen LogP contribution in [0.15, 0.2) is 34.9 Å². The summed E-state index contributed by atoms with van der Waals surface area (Å²) in [5.41, 5.74) is 3.07. The number of aryl methyl sites for hydroxylation is 1. The van der Waals surface area contributed by atoms with Crippen LogP contribution in [0.2, 0.25) is 0 Å². The molecule has 2 aromatic heterocycles. The summed E-state index contributed by atoms with van der Waals surface area (Å²) < 4.78 is 5.49. The van der Waals surface area contributed by atoms with E-state index in [-0.39, 0.29) is 11.6 Å². The second-order valence-electron chi connectivity index (χ2n) is 4.24. The first-order valence-corrected chi connectivity index (χ1v) is 5.85. The van der Waals surface area contributed by atoms with Crippen molar-refractivity contribution >= 4 is 16.9 Å². The summed E-state index contributed by atoms with van der Waals surface area (Å²) in [6, 6.07) is 7.39. The van der Waals surface area contributed by atoms with Crippen LogP contribution < -0.4 is 0 Å². The standard InChI is InChI=1S/C14H11N3O2/c1-8(18)14-15-6-5-11(17-14)10-3-4-12-13(7-10)19-9(2)16-12/h3-7H,1-2H3. The van der Waals surface area contributed by atoms with Crippen molar-refractivity contribution in [2.24, 2.45) is 0 Å². The molecular weight excluding hydrogens is 242 g/mol. The molecule has 19 heavy (non-hydrogen) atoms. The highest BCUT2D eigenvalue weighted by Crippen LogP contribution is 2.23. The van der Waals surface area contributed by atoms with Gasteiger partial charge in [-0.25, -0.2) is 15.0 Å². The summed E-state index contributed by atoms with van der Waals surface area (Å²) in [6.45, 7) is 3.25. The maximum atomic E-state index is 11.3. The fourth-order valence-electron chi connectivity index (χ4n) is 1.89. The van der Waals surface area contributed by atoms with Gasteiger partial charge in [-0.2, -0.15) is 0 Å². The Morgan fingerprint density at radius 3 is 2.84 bits per heavy atom. The molecule has 3 rings (SSSR count). The molecule has 0 N–H and O–H groups in total. The zero-order chi connectivity index (χ0) is 13.4. The number of nitrogens with zero attached hydrogens (tertiary/aromatic N) is 3. The van der Waals surface area contributed by atoms with E-state index in [0.29, 0.717) is 17.2 Å². The normalized spacial score (nSPS) is 10.8.